The van der Waals surface area contributed by atoms with Crippen LogP contribution in [0, 0.1) is 0 Å². The molecular formula is C13H26N2O. The van der Waals surface area contributed by atoms with Crippen molar-refractivity contribution in [3.8, 4) is 0 Å². The fourth-order valence-electron chi connectivity index (χ4n) is 1.88. The van der Waals surface area contributed by atoms with Crippen LogP contribution in [0.15, 0.2) is 12.2 Å². The zero-order valence-corrected chi connectivity index (χ0v) is 11.1. The molecule has 94 valence electrons. The van der Waals surface area contributed by atoms with Crippen molar-refractivity contribution in [1.82, 2.24) is 10.2 Å². The molecule has 16 heavy (non-hydrogen) atoms. The first-order chi connectivity index (χ1) is 7.49. The Labute approximate surface area is 99.8 Å². The second-order valence-electron chi connectivity index (χ2n) is 5.21. The molecule has 0 radical (unpaired) electrons. The summed E-state index contributed by atoms with van der Waals surface area (Å²) in [5, 5.41) is 3.40. The molecular weight excluding hydrogens is 200 g/mol. The molecule has 2 atom stereocenters. The molecule has 0 saturated carbocycles. The molecule has 0 aromatic rings. The molecule has 0 spiro atoms. The normalized spacial score (nSPS) is 27.3. The van der Waals surface area contributed by atoms with Crippen molar-refractivity contribution >= 4 is 0 Å². The summed E-state index contributed by atoms with van der Waals surface area (Å²) < 4.78 is 5.61. The molecule has 1 heterocycles. The van der Waals surface area contributed by atoms with Crippen LogP contribution < -0.4 is 5.32 Å². The van der Waals surface area contributed by atoms with Crippen LogP contribution in [0.5, 0.6) is 0 Å². The number of nitrogens with zero attached hydrogens (tertiary/aromatic N) is 1. The van der Waals surface area contributed by atoms with Gasteiger partial charge in [0.15, 0.2) is 0 Å². The van der Waals surface area contributed by atoms with E-state index in [2.05, 4.69) is 44.5 Å². The minimum absolute atomic E-state index is 0.349. The third-order valence-corrected chi connectivity index (χ3v) is 2.92. The molecule has 1 N–H and O–H groups in total. The van der Waals surface area contributed by atoms with E-state index in [1.807, 2.05) is 0 Å². The Bertz CT molecular complexity index is 228. The molecule has 0 amide bonds. The Hall–Kier alpha value is -0.380. The van der Waals surface area contributed by atoms with Gasteiger partial charge in [0.05, 0.1) is 12.7 Å². The maximum absolute atomic E-state index is 5.61. The van der Waals surface area contributed by atoms with E-state index >= 15 is 0 Å². The summed E-state index contributed by atoms with van der Waals surface area (Å²) in [6, 6.07) is 1.03. The lowest BCUT2D eigenvalue weighted by Gasteiger charge is -2.37. The molecule has 0 bridgehead atoms. The summed E-state index contributed by atoms with van der Waals surface area (Å²) >= 11 is 0. The third kappa shape index (κ3) is 4.64. The van der Waals surface area contributed by atoms with Gasteiger partial charge in [-0.25, -0.2) is 0 Å². The first kappa shape index (κ1) is 13.7. The van der Waals surface area contributed by atoms with Gasteiger partial charge in [-0.2, -0.15) is 0 Å². The summed E-state index contributed by atoms with van der Waals surface area (Å²) in [7, 11) is 0. The molecule has 1 fully saturated rings. The predicted molar refractivity (Wildman–Crippen MR) is 68.7 cm³/mol. The maximum atomic E-state index is 5.61. The van der Waals surface area contributed by atoms with Gasteiger partial charge in [0.25, 0.3) is 0 Å². The van der Waals surface area contributed by atoms with Crippen molar-refractivity contribution in [1.29, 1.82) is 0 Å². The van der Waals surface area contributed by atoms with E-state index in [0.29, 0.717) is 18.2 Å². The van der Waals surface area contributed by atoms with Gasteiger partial charge < -0.3 is 10.1 Å². The van der Waals surface area contributed by atoms with E-state index in [-0.39, 0.29) is 0 Å². The second kappa shape index (κ2) is 6.38. The van der Waals surface area contributed by atoms with Gasteiger partial charge in [-0.15, -0.1) is 0 Å². The van der Waals surface area contributed by atoms with Gasteiger partial charge in [0, 0.05) is 31.7 Å². The predicted octanol–water partition coefficient (Wildman–Crippen LogP) is 1.65. The van der Waals surface area contributed by atoms with E-state index in [0.717, 1.165) is 26.2 Å². The van der Waals surface area contributed by atoms with E-state index in [4.69, 9.17) is 4.74 Å². The minimum atomic E-state index is 0.349. The average Bonchev–Trinajstić information content (AvgIpc) is 2.20. The van der Waals surface area contributed by atoms with Crippen LogP contribution in [0.4, 0.5) is 0 Å². The van der Waals surface area contributed by atoms with Gasteiger partial charge in [0.1, 0.15) is 0 Å². The Morgan fingerprint density at radius 3 is 2.81 bits per heavy atom. The van der Waals surface area contributed by atoms with Crippen molar-refractivity contribution in [2.24, 2.45) is 0 Å². The molecule has 1 aliphatic heterocycles. The Kier molecular flexibility index (Phi) is 5.46. The van der Waals surface area contributed by atoms with E-state index < -0.39 is 0 Å². The molecule has 3 heteroatoms. The smallest absolute Gasteiger partial charge is 0.0674 e. The summed E-state index contributed by atoms with van der Waals surface area (Å²) in [5.41, 5.74) is 1.26. The highest BCUT2D eigenvalue weighted by atomic mass is 16.5. The number of nitrogens with one attached hydrogen (secondary N) is 1. The number of morpholine rings is 1. The number of hydrogen-bond acceptors (Lipinski definition) is 3. The Balaban J connectivity index is 2.31. The zero-order chi connectivity index (χ0) is 12.1. The zero-order valence-electron chi connectivity index (χ0n) is 11.1. The largest absolute Gasteiger partial charge is 0.376 e. The van der Waals surface area contributed by atoms with Gasteiger partial charge in [-0.05, 0) is 19.4 Å². The lowest BCUT2D eigenvalue weighted by molar-refractivity contribution is -0.0457. The lowest BCUT2D eigenvalue weighted by atomic mass is 10.1. The fourth-order valence-corrected chi connectivity index (χ4v) is 1.88. The first-order valence-electron chi connectivity index (χ1n) is 6.24. The van der Waals surface area contributed by atoms with E-state index in [9.17, 15) is 0 Å². The number of rotatable bonds is 5. The van der Waals surface area contributed by atoms with Gasteiger partial charge in [-0.1, -0.05) is 20.4 Å². The number of ether oxygens (including phenoxy) is 1. The van der Waals surface area contributed by atoms with Crippen molar-refractivity contribution in [2.45, 2.75) is 45.9 Å². The van der Waals surface area contributed by atoms with Crippen LogP contribution in [0.3, 0.4) is 0 Å². The van der Waals surface area contributed by atoms with E-state index in [1.54, 1.807) is 0 Å². The SMILES string of the molecule is C=C(CNC(C)C)CN1CC(C)OCC1C. The van der Waals surface area contributed by atoms with Gasteiger partial charge >= 0.3 is 0 Å². The maximum Gasteiger partial charge on any atom is 0.0674 e. The monoisotopic (exact) mass is 226 g/mol. The highest BCUT2D eigenvalue weighted by Gasteiger charge is 2.23. The van der Waals surface area contributed by atoms with Crippen LogP contribution in [-0.4, -0.2) is 49.3 Å². The Morgan fingerprint density at radius 1 is 1.50 bits per heavy atom. The minimum Gasteiger partial charge on any atom is -0.376 e. The van der Waals surface area contributed by atoms with Crippen LogP contribution in [-0.2, 0) is 4.74 Å². The Morgan fingerprint density at radius 2 is 2.19 bits per heavy atom. The molecule has 1 rings (SSSR count). The topological polar surface area (TPSA) is 24.5 Å². The van der Waals surface area contributed by atoms with Crippen molar-refractivity contribution in [3.63, 3.8) is 0 Å². The van der Waals surface area contributed by atoms with Crippen LogP contribution in [0.2, 0.25) is 0 Å². The summed E-state index contributed by atoms with van der Waals surface area (Å²) in [6.07, 6.45) is 0.349. The van der Waals surface area contributed by atoms with Crippen LogP contribution in [0.1, 0.15) is 27.7 Å². The summed E-state index contributed by atoms with van der Waals surface area (Å²) in [5.74, 6) is 0. The van der Waals surface area contributed by atoms with Crippen molar-refractivity contribution < 1.29 is 4.74 Å². The van der Waals surface area contributed by atoms with Crippen molar-refractivity contribution in [2.75, 3.05) is 26.2 Å². The number of hydrogen-bond donors (Lipinski definition) is 1. The highest BCUT2D eigenvalue weighted by molar-refractivity contribution is 5.01. The lowest BCUT2D eigenvalue weighted by Crippen LogP contribution is -2.48. The molecule has 0 aromatic carbocycles. The van der Waals surface area contributed by atoms with Crippen molar-refractivity contribution in [3.05, 3.63) is 12.2 Å². The highest BCUT2D eigenvalue weighted by Crippen LogP contribution is 2.12. The molecule has 1 aliphatic rings. The second-order valence-corrected chi connectivity index (χ2v) is 5.21. The van der Waals surface area contributed by atoms with E-state index in [1.165, 1.54) is 5.57 Å². The van der Waals surface area contributed by atoms with Crippen LogP contribution in [0.25, 0.3) is 0 Å². The first-order valence-corrected chi connectivity index (χ1v) is 6.24. The molecule has 1 saturated heterocycles. The van der Waals surface area contributed by atoms with Gasteiger partial charge in [-0.3, -0.25) is 4.90 Å². The third-order valence-electron chi connectivity index (χ3n) is 2.92. The molecule has 0 aromatic heterocycles. The van der Waals surface area contributed by atoms with Crippen LogP contribution >= 0.6 is 0 Å². The quantitative estimate of drug-likeness (QED) is 0.721. The summed E-state index contributed by atoms with van der Waals surface area (Å²) in [4.78, 5) is 2.46. The summed E-state index contributed by atoms with van der Waals surface area (Å²) in [6.45, 7) is 16.6. The average molecular weight is 226 g/mol. The molecule has 3 nitrogen and oxygen atoms in total. The molecule has 0 aliphatic carbocycles. The van der Waals surface area contributed by atoms with Gasteiger partial charge in [0.2, 0.25) is 0 Å². The standard InChI is InChI=1S/C13H26N2O/c1-10(2)14-6-11(3)7-15-8-13(5)16-9-12(15)4/h10,12-14H,3,6-9H2,1-2,4-5H3. The fraction of sp³-hybridized carbons (Fsp3) is 0.846. The molecule has 2 unspecified atom stereocenters.